The molecule has 0 atom stereocenters. The van der Waals surface area contributed by atoms with E-state index in [9.17, 15) is 28.8 Å². The second kappa shape index (κ2) is 59.4. The van der Waals surface area contributed by atoms with E-state index in [1.54, 1.807) is 23.7 Å². The number of halogens is 1. The maximum Gasteiger partial charge on any atom is 1.00 e. The van der Waals surface area contributed by atoms with Crippen LogP contribution in [0.4, 0.5) is 22.7 Å². The average Bonchev–Trinajstić information content (AvgIpc) is 0.918. The van der Waals surface area contributed by atoms with Crippen molar-refractivity contribution < 1.29 is 106 Å². The number of hydrogen-bond donors (Lipinski definition) is 10. The van der Waals surface area contributed by atoms with Crippen molar-refractivity contribution in [3.05, 3.63) is 241 Å². The molecule has 0 radical (unpaired) electrons. The van der Waals surface area contributed by atoms with Gasteiger partial charge in [-0.3, -0.25) is 34.0 Å². The van der Waals surface area contributed by atoms with Crippen molar-refractivity contribution in [2.24, 2.45) is 0 Å². The number of nitrogens with zero attached hydrogens (tertiary/aromatic N) is 4. The molecule has 23 heteroatoms. The fourth-order valence-corrected chi connectivity index (χ4v) is 12.5. The van der Waals surface area contributed by atoms with E-state index in [2.05, 4.69) is 199 Å². The van der Waals surface area contributed by atoms with Crippen LogP contribution in [0.2, 0.25) is 0 Å². The third kappa shape index (κ3) is 42.9. The number of para-hydroxylation sites is 4. The number of unbranched alkanes of at least 4 members (excludes halogenated alkanes) is 2. The molecular weight excluding hydrogens is 1520 g/mol. The van der Waals surface area contributed by atoms with Gasteiger partial charge in [0.15, 0.2) is 0 Å². The van der Waals surface area contributed by atoms with Crippen LogP contribution in [0.25, 0.3) is 43.1 Å². The molecule has 0 unspecified atom stereocenters. The average molecular weight is 1640 g/mol. The van der Waals surface area contributed by atoms with Crippen LogP contribution in [0.15, 0.2) is 218 Å². The van der Waals surface area contributed by atoms with Crippen LogP contribution in [0.1, 0.15) is 141 Å². The van der Waals surface area contributed by atoms with Crippen LogP contribution in [-0.2, 0) is 53.7 Å². The normalized spacial score (nSPS) is 12.1. The molecule has 13 N–H and O–H groups in total. The predicted molar refractivity (Wildman–Crippen MR) is 467 cm³/mol. The minimum Gasteiger partial charge on any atom is -1.00 e. The monoisotopic (exact) mass is 1640 g/mol. The molecule has 2 saturated heterocycles. The summed E-state index contributed by atoms with van der Waals surface area (Å²) >= 11 is 3.44. The summed E-state index contributed by atoms with van der Waals surface area (Å²) in [5.41, 5.74) is 26.0. The van der Waals surface area contributed by atoms with Crippen molar-refractivity contribution in [1.82, 2.24) is 35.7 Å². The molecule has 12 rings (SSSR count). The molecule has 604 valence electrons. The van der Waals surface area contributed by atoms with E-state index >= 15 is 0 Å². The zero-order valence-corrected chi connectivity index (χ0v) is 73.9. The van der Waals surface area contributed by atoms with Gasteiger partial charge in [-0.05, 0) is 220 Å². The van der Waals surface area contributed by atoms with Crippen molar-refractivity contribution in [1.29, 1.82) is 0 Å². The Labute approximate surface area is 731 Å². The maximum atomic E-state index is 12.1. The number of anilines is 4. The quantitative estimate of drug-likeness (QED) is 0.00602. The van der Waals surface area contributed by atoms with Crippen molar-refractivity contribution in [3.63, 3.8) is 0 Å². The van der Waals surface area contributed by atoms with Crippen LogP contribution in [0, 0.1) is 0 Å². The number of carboxylic acid groups (broad SMARTS) is 2. The van der Waals surface area contributed by atoms with Gasteiger partial charge in [-0.25, -0.2) is 5.48 Å². The minimum atomic E-state index is -0.723. The van der Waals surface area contributed by atoms with E-state index in [0.717, 1.165) is 128 Å². The fraction of sp³-hybridized carbons (Fsp3) is 0.363. The Kier molecular flexibility index (Phi) is 52.1. The molecule has 10 aromatic rings. The number of amides is 4. The summed E-state index contributed by atoms with van der Waals surface area (Å²) in [7, 11) is 9.93. The first-order valence-electron chi connectivity index (χ1n) is 38.9. The largest absolute Gasteiger partial charge is 1.00 e. The zero-order chi connectivity index (χ0) is 81.1. The van der Waals surface area contributed by atoms with E-state index in [4.69, 9.17) is 32.6 Å². The Hall–Kier alpha value is -8.26. The number of fused-ring (bicyclic) bond motifs is 4. The summed E-state index contributed by atoms with van der Waals surface area (Å²) in [6.07, 6.45) is 14.9. The number of carboxylic acids is 2. The Morgan fingerprint density at radius 2 is 0.833 bits per heavy atom. The number of nitrogens with one attached hydrogen (secondary N) is 4. The molecule has 2 fully saturated rings. The Morgan fingerprint density at radius 1 is 0.456 bits per heavy atom. The van der Waals surface area contributed by atoms with Gasteiger partial charge in [0.05, 0.1) is 22.7 Å². The molecule has 2 heterocycles. The molecule has 4 amide bonds. The minimum absolute atomic E-state index is 0. The van der Waals surface area contributed by atoms with Crippen LogP contribution < -0.4 is 97.7 Å². The predicted octanol–water partition coefficient (Wildman–Crippen LogP) is 11.3. The zero-order valence-electron chi connectivity index (χ0n) is 70.3. The first-order chi connectivity index (χ1) is 54.1. The van der Waals surface area contributed by atoms with Gasteiger partial charge in [-0.1, -0.05) is 211 Å². The number of benzene rings is 10. The number of hydrogen-bond acceptors (Lipinski definition) is 14. The Morgan fingerprint density at radius 3 is 1.25 bits per heavy atom. The summed E-state index contributed by atoms with van der Waals surface area (Å²) in [5, 5.41) is 45.0. The van der Waals surface area contributed by atoms with E-state index in [1.807, 2.05) is 87.7 Å². The van der Waals surface area contributed by atoms with Gasteiger partial charge in [0.25, 0.3) is 0 Å². The first-order valence-corrected chi connectivity index (χ1v) is 40.0. The number of aliphatic carboxylic acids is 2. The van der Waals surface area contributed by atoms with Crippen molar-refractivity contribution in [2.45, 2.75) is 141 Å². The third-order valence-corrected chi connectivity index (χ3v) is 19.1. The molecule has 0 aliphatic carbocycles. The number of carbonyl (C=O) groups is 6. The fourth-order valence-electron chi connectivity index (χ4n) is 12.2. The van der Waals surface area contributed by atoms with Crippen LogP contribution in [0.3, 0.4) is 0 Å². The molecule has 0 spiro atoms. The number of alkyl halides is 1. The molecule has 0 aromatic heterocycles. The number of hydroxylamine groups is 1. The molecular formula is C91H122BrN11Na2O9. The summed E-state index contributed by atoms with van der Waals surface area (Å²) in [4.78, 5) is 73.4. The maximum absolute atomic E-state index is 12.1. The first kappa shape index (κ1) is 99.9. The summed E-state index contributed by atoms with van der Waals surface area (Å²) in [5.74, 6) is -1.20. The smallest absolute Gasteiger partial charge is 1.00 e. The Balaban J connectivity index is 0.000000683. The van der Waals surface area contributed by atoms with E-state index in [0.29, 0.717) is 54.3 Å². The summed E-state index contributed by atoms with van der Waals surface area (Å²) in [6.45, 7) is 7.90. The summed E-state index contributed by atoms with van der Waals surface area (Å²) < 4.78 is 0. The molecule has 2 aliphatic heterocycles. The summed E-state index contributed by atoms with van der Waals surface area (Å²) in [6, 6.07) is 74.0. The Bertz CT molecular complexity index is 4430. The topological polar surface area (TPSA) is 302 Å². The molecule has 20 nitrogen and oxygen atoms in total. The van der Waals surface area contributed by atoms with Gasteiger partial charge in [0, 0.05) is 83.6 Å². The van der Waals surface area contributed by atoms with E-state index in [-0.39, 0.29) is 86.1 Å². The van der Waals surface area contributed by atoms with Crippen LogP contribution in [0.5, 0.6) is 0 Å². The van der Waals surface area contributed by atoms with E-state index < -0.39 is 11.9 Å². The van der Waals surface area contributed by atoms with Crippen LogP contribution >= 0.6 is 15.9 Å². The molecule has 0 bridgehead atoms. The number of nitrogens with two attached hydrogens (primary N) is 3. The van der Waals surface area contributed by atoms with Gasteiger partial charge in [-0.15, -0.1) is 0 Å². The van der Waals surface area contributed by atoms with Gasteiger partial charge in [-0.2, -0.15) is 0 Å². The van der Waals surface area contributed by atoms with Gasteiger partial charge in [0.2, 0.25) is 23.6 Å². The second-order valence-corrected chi connectivity index (χ2v) is 28.7. The van der Waals surface area contributed by atoms with Crippen molar-refractivity contribution in [2.75, 3.05) is 97.0 Å². The van der Waals surface area contributed by atoms with E-state index in [1.165, 1.54) is 84.6 Å². The van der Waals surface area contributed by atoms with Crippen molar-refractivity contribution in [3.8, 4) is 0 Å². The van der Waals surface area contributed by atoms with Gasteiger partial charge >= 0.3 is 71.1 Å². The van der Waals surface area contributed by atoms with Crippen molar-refractivity contribution >= 4 is 117 Å². The van der Waals surface area contributed by atoms with Crippen LogP contribution in [-0.4, -0.2) is 145 Å². The number of nitrogen functional groups attached to an aromatic ring is 3. The second-order valence-electron chi connectivity index (χ2n) is 28.2. The molecule has 10 aromatic carbocycles. The third-order valence-electron chi connectivity index (χ3n) is 18.5. The molecule has 2 aliphatic rings. The standard InChI is InChI=1S/C22H25N3O.C16H20N2O2.C16H19NO2.C11H9Br.C7H15NO2.C7H13NO.C6H8N2.C6H11NO.2Na.2H/c1-25(16-17-12-13-18-7-2-3-8-19(18)15-17)14-6-11-22(26)24-21-10-5-4-9-20(21)23;1-18(10-4-7-16(19)17-20)12-13-8-9-14-5-2-3-6-15(14)11-13;1-17(10-4-7-16(18)19)12-13-8-9-14-5-2-3-6-15(14)11-13;12-8-9-5-6-10-3-1-2-4-11(10)7-9;1-8-6-4-2-3-5-7(9)10;1-8-6-4-2-3-5-7(8)9;7-5-3-1-2-4-6(5)8;8-6-4-2-1-3-5-7-6;;;;/h2-5,7-10,12-13,15H,6,11,14,16,23H2,1H3,(H,24,26);2-3,5-6,8-9,11,20H,4,7,10,12H2,1H3,(H,17,19);2-3,5-6,8-9,11H,4,7,10,12H2,1H3,(H,18,19);1-7H,8H2;8H,2-6H2,1H3,(H,9,10);2-6H2,1H3;1-4H,7-8H2;1-5H2,(H,7,8);;;;/q;;;;;;;;2*+1;2*-1. The number of carbonyl (C=O) groups excluding carboxylic acids is 4. The molecule has 114 heavy (non-hydrogen) atoms. The number of likely N-dealkylation sites (tertiary alicyclic amines) is 1. The van der Waals surface area contributed by atoms with Gasteiger partial charge < -0.3 is 65.8 Å². The molecule has 0 saturated carbocycles. The number of rotatable bonds is 26. The SMILES string of the molecule is BrCc1ccc2ccccc2c1.CN(CCCC(=O)NO)Cc1ccc2ccccc2c1.CN(CCCC(=O)Nc1ccccc1N)Cc1ccc2ccccc2c1.CN(CCCC(=O)O)Cc1ccc2ccccc2c1.CN1CCCCCC1=O.CNCCCCCC(=O)O.Nc1ccccc1N.O=C1CCCCCN1.[H-].[H-].[Na+].[Na+]. The van der Waals surface area contributed by atoms with Gasteiger partial charge in [0.1, 0.15) is 0 Å².